The third kappa shape index (κ3) is 8.05. The van der Waals surface area contributed by atoms with Crippen molar-refractivity contribution in [3.63, 3.8) is 0 Å². The summed E-state index contributed by atoms with van der Waals surface area (Å²) < 4.78 is 0. The lowest BCUT2D eigenvalue weighted by molar-refractivity contribution is -0.122. The summed E-state index contributed by atoms with van der Waals surface area (Å²) in [5, 5.41) is 2.95. The van der Waals surface area contributed by atoms with Crippen LogP contribution in [0.2, 0.25) is 0 Å². The minimum Gasteiger partial charge on any atom is -0.354 e. The second kappa shape index (κ2) is 6.02. The largest absolute Gasteiger partial charge is 0.354 e. The van der Waals surface area contributed by atoms with Gasteiger partial charge in [0.25, 0.3) is 0 Å². The summed E-state index contributed by atoms with van der Waals surface area (Å²) in [7, 11) is 0. The topological polar surface area (TPSA) is 55.1 Å². The molecule has 1 amide bonds. The first-order valence-electron chi connectivity index (χ1n) is 5.43. The van der Waals surface area contributed by atoms with E-state index in [1.807, 2.05) is 20.8 Å². The lowest BCUT2D eigenvalue weighted by Gasteiger charge is -2.20. The van der Waals surface area contributed by atoms with Gasteiger partial charge in [-0.1, -0.05) is 19.8 Å². The molecule has 3 nitrogen and oxygen atoms in total. The fourth-order valence-corrected chi connectivity index (χ4v) is 1.32. The third-order valence-electron chi connectivity index (χ3n) is 2.01. The van der Waals surface area contributed by atoms with Crippen LogP contribution in [0.4, 0.5) is 0 Å². The van der Waals surface area contributed by atoms with Gasteiger partial charge in [0.05, 0.1) is 0 Å². The number of hydrogen-bond donors (Lipinski definition) is 2. The van der Waals surface area contributed by atoms with E-state index in [1.165, 1.54) is 6.42 Å². The van der Waals surface area contributed by atoms with E-state index in [0.29, 0.717) is 6.42 Å². The average molecular weight is 200 g/mol. The van der Waals surface area contributed by atoms with Gasteiger partial charge in [-0.25, -0.2) is 0 Å². The van der Waals surface area contributed by atoms with Crippen LogP contribution in [0.25, 0.3) is 0 Å². The highest BCUT2D eigenvalue weighted by Crippen LogP contribution is 2.05. The Bertz CT molecular complexity index is 173. The van der Waals surface area contributed by atoms with Crippen LogP contribution in [-0.4, -0.2) is 17.5 Å². The fourth-order valence-electron chi connectivity index (χ4n) is 1.32. The molecule has 0 aliphatic rings. The highest BCUT2D eigenvalue weighted by atomic mass is 16.1. The van der Waals surface area contributed by atoms with Crippen LogP contribution in [0.5, 0.6) is 0 Å². The molecule has 84 valence electrons. The molecule has 3 heteroatoms. The number of nitrogens with two attached hydrogens (primary N) is 1. The molecule has 1 atom stereocenters. The summed E-state index contributed by atoms with van der Waals surface area (Å²) in [6.07, 6.45) is 3.77. The number of hydrogen-bond acceptors (Lipinski definition) is 2. The van der Waals surface area contributed by atoms with E-state index in [0.717, 1.165) is 12.8 Å². The number of unbranched alkanes of at least 4 members (excludes halogenated alkanes) is 1. The quantitative estimate of drug-likeness (QED) is 0.687. The molecular formula is C11H24N2O. The molecule has 0 aliphatic heterocycles. The predicted octanol–water partition coefficient (Wildman–Crippen LogP) is 1.81. The second-order valence-corrected chi connectivity index (χ2v) is 4.78. The smallest absolute Gasteiger partial charge is 0.222 e. The number of rotatable bonds is 6. The Balaban J connectivity index is 3.71. The molecule has 0 radical (unpaired) electrons. The highest BCUT2D eigenvalue weighted by molar-refractivity contribution is 5.77. The maximum Gasteiger partial charge on any atom is 0.222 e. The van der Waals surface area contributed by atoms with Gasteiger partial charge in [-0.05, 0) is 27.2 Å². The number of carbonyl (C=O) groups excluding carboxylic acids is 1. The van der Waals surface area contributed by atoms with Gasteiger partial charge in [0.1, 0.15) is 0 Å². The first-order chi connectivity index (χ1) is 6.35. The van der Waals surface area contributed by atoms with Gasteiger partial charge in [0.2, 0.25) is 5.91 Å². The van der Waals surface area contributed by atoms with Crippen LogP contribution in [0.15, 0.2) is 0 Å². The van der Waals surface area contributed by atoms with Crippen molar-refractivity contribution in [1.29, 1.82) is 0 Å². The van der Waals surface area contributed by atoms with E-state index in [2.05, 4.69) is 12.2 Å². The van der Waals surface area contributed by atoms with Crippen molar-refractivity contribution < 1.29 is 4.79 Å². The van der Waals surface area contributed by atoms with Crippen molar-refractivity contribution in [2.24, 2.45) is 5.73 Å². The van der Waals surface area contributed by atoms with Gasteiger partial charge < -0.3 is 11.1 Å². The fraction of sp³-hybridized carbons (Fsp3) is 0.909. The molecule has 0 aliphatic carbocycles. The second-order valence-electron chi connectivity index (χ2n) is 4.78. The molecule has 0 rings (SSSR count). The maximum atomic E-state index is 11.4. The molecule has 0 aromatic carbocycles. The van der Waals surface area contributed by atoms with Gasteiger partial charge >= 0.3 is 0 Å². The minimum atomic E-state index is -0.408. The number of carbonyl (C=O) groups is 1. The summed E-state index contributed by atoms with van der Waals surface area (Å²) in [4.78, 5) is 11.4. The first-order valence-corrected chi connectivity index (χ1v) is 5.43. The summed E-state index contributed by atoms with van der Waals surface area (Å²) in [5.41, 5.74) is 5.34. The predicted molar refractivity (Wildman–Crippen MR) is 60.0 cm³/mol. The molecule has 1 unspecified atom stereocenters. The maximum absolute atomic E-state index is 11.4. The van der Waals surface area contributed by atoms with E-state index in [1.54, 1.807) is 0 Å². The molecule has 0 saturated carbocycles. The monoisotopic (exact) mass is 200 g/mol. The summed E-state index contributed by atoms with van der Waals surface area (Å²) in [5.74, 6) is 0.0566. The van der Waals surface area contributed by atoms with E-state index >= 15 is 0 Å². The standard InChI is InChI=1S/C11H24N2O/c1-5-6-7-9(2)13-10(14)8-11(3,4)12/h9H,5-8,12H2,1-4H3,(H,13,14). The van der Waals surface area contributed by atoms with E-state index in [-0.39, 0.29) is 11.9 Å². The van der Waals surface area contributed by atoms with E-state index in [4.69, 9.17) is 5.73 Å². The van der Waals surface area contributed by atoms with Crippen LogP contribution in [0.1, 0.15) is 53.4 Å². The number of nitrogens with one attached hydrogen (secondary N) is 1. The van der Waals surface area contributed by atoms with Crippen molar-refractivity contribution in [3.05, 3.63) is 0 Å². The van der Waals surface area contributed by atoms with Crippen molar-refractivity contribution in [2.75, 3.05) is 0 Å². The Hall–Kier alpha value is -0.570. The lowest BCUT2D eigenvalue weighted by Crippen LogP contribution is -2.41. The van der Waals surface area contributed by atoms with Gasteiger partial charge in [-0.15, -0.1) is 0 Å². The lowest BCUT2D eigenvalue weighted by atomic mass is 10.0. The zero-order valence-electron chi connectivity index (χ0n) is 9.89. The van der Waals surface area contributed by atoms with Gasteiger partial charge in [0, 0.05) is 18.0 Å². The molecule has 0 saturated heterocycles. The SMILES string of the molecule is CCCCC(C)NC(=O)CC(C)(C)N. The zero-order valence-corrected chi connectivity index (χ0v) is 9.89. The van der Waals surface area contributed by atoms with Crippen LogP contribution >= 0.6 is 0 Å². The molecule has 0 bridgehead atoms. The minimum absolute atomic E-state index is 0.0566. The van der Waals surface area contributed by atoms with Crippen molar-refractivity contribution in [2.45, 2.75) is 65.0 Å². The van der Waals surface area contributed by atoms with Crippen molar-refractivity contribution in [3.8, 4) is 0 Å². The Kier molecular flexibility index (Phi) is 5.77. The summed E-state index contributed by atoms with van der Waals surface area (Å²) in [6, 6.07) is 0.268. The summed E-state index contributed by atoms with van der Waals surface area (Å²) >= 11 is 0. The molecule has 3 N–H and O–H groups in total. The van der Waals surface area contributed by atoms with Gasteiger partial charge in [0.15, 0.2) is 0 Å². The van der Waals surface area contributed by atoms with Gasteiger partial charge in [-0.3, -0.25) is 4.79 Å². The third-order valence-corrected chi connectivity index (χ3v) is 2.01. The van der Waals surface area contributed by atoms with Crippen LogP contribution in [-0.2, 0) is 4.79 Å². The Morgan fingerprint density at radius 3 is 2.50 bits per heavy atom. The highest BCUT2D eigenvalue weighted by Gasteiger charge is 2.17. The molecule has 0 heterocycles. The van der Waals surface area contributed by atoms with Crippen LogP contribution < -0.4 is 11.1 Å². The van der Waals surface area contributed by atoms with Crippen LogP contribution in [0.3, 0.4) is 0 Å². The van der Waals surface area contributed by atoms with Crippen molar-refractivity contribution >= 4 is 5.91 Å². The first kappa shape index (κ1) is 13.4. The molecular weight excluding hydrogens is 176 g/mol. The van der Waals surface area contributed by atoms with Crippen LogP contribution in [0, 0.1) is 0 Å². The zero-order chi connectivity index (χ0) is 11.2. The Morgan fingerprint density at radius 2 is 2.07 bits per heavy atom. The Morgan fingerprint density at radius 1 is 1.50 bits per heavy atom. The molecule has 0 spiro atoms. The van der Waals surface area contributed by atoms with E-state index < -0.39 is 5.54 Å². The number of amides is 1. The van der Waals surface area contributed by atoms with Crippen molar-refractivity contribution in [1.82, 2.24) is 5.32 Å². The van der Waals surface area contributed by atoms with Gasteiger partial charge in [-0.2, -0.15) is 0 Å². The molecule has 0 aromatic rings. The molecule has 0 aromatic heterocycles. The van der Waals surface area contributed by atoms with E-state index in [9.17, 15) is 4.79 Å². The molecule has 14 heavy (non-hydrogen) atoms. The normalized spacial score (nSPS) is 13.8. The molecule has 0 fully saturated rings. The average Bonchev–Trinajstić information content (AvgIpc) is 1.96. The Labute approximate surface area is 87.4 Å². The summed E-state index contributed by atoms with van der Waals surface area (Å²) in [6.45, 7) is 7.92.